The van der Waals surface area contributed by atoms with Gasteiger partial charge in [-0.3, -0.25) is 4.68 Å². The average molecular weight is 287 g/mol. The number of aryl methyl sites for hydroxylation is 2. The van der Waals surface area contributed by atoms with Crippen LogP contribution < -0.4 is 4.72 Å². The van der Waals surface area contributed by atoms with Gasteiger partial charge in [0.1, 0.15) is 4.90 Å². The van der Waals surface area contributed by atoms with E-state index in [1.807, 2.05) is 6.92 Å². The second-order valence-electron chi connectivity index (χ2n) is 5.24. The molecule has 0 saturated heterocycles. The summed E-state index contributed by atoms with van der Waals surface area (Å²) < 4.78 is 29.1. The third-order valence-corrected chi connectivity index (χ3v) is 5.27. The third kappa shape index (κ3) is 2.98. The molecule has 1 saturated carbocycles. The Labute approximate surface area is 113 Å². The first-order valence-corrected chi connectivity index (χ1v) is 8.02. The largest absolute Gasteiger partial charge is 0.396 e. The summed E-state index contributed by atoms with van der Waals surface area (Å²) in [5.41, 5.74) is 1.14. The van der Waals surface area contributed by atoms with Crippen LogP contribution in [0.3, 0.4) is 0 Å². The molecule has 1 aliphatic rings. The number of hydrogen-bond acceptors (Lipinski definition) is 4. The van der Waals surface area contributed by atoms with Crippen molar-refractivity contribution in [3.05, 3.63) is 11.4 Å². The van der Waals surface area contributed by atoms with Crippen LogP contribution in [0.5, 0.6) is 0 Å². The molecule has 2 atom stereocenters. The topological polar surface area (TPSA) is 84.2 Å². The van der Waals surface area contributed by atoms with Crippen LogP contribution in [0.15, 0.2) is 4.90 Å². The van der Waals surface area contributed by atoms with Crippen molar-refractivity contribution in [2.75, 3.05) is 6.61 Å². The molecular weight excluding hydrogens is 266 g/mol. The Morgan fingerprint density at radius 1 is 1.47 bits per heavy atom. The highest BCUT2D eigenvalue weighted by atomic mass is 32.2. The number of aliphatic hydroxyl groups excluding tert-OH is 1. The van der Waals surface area contributed by atoms with Crippen LogP contribution in [-0.2, 0) is 16.6 Å². The molecule has 2 rings (SSSR count). The summed E-state index contributed by atoms with van der Waals surface area (Å²) in [6.45, 7) is 6.07. The van der Waals surface area contributed by atoms with E-state index in [-0.39, 0.29) is 17.5 Å². The fourth-order valence-corrected chi connectivity index (χ4v) is 4.02. The van der Waals surface area contributed by atoms with Crippen molar-refractivity contribution in [2.45, 2.75) is 51.1 Å². The molecule has 2 unspecified atom stereocenters. The van der Waals surface area contributed by atoms with Gasteiger partial charge in [-0.25, -0.2) is 13.1 Å². The first kappa shape index (κ1) is 14.5. The van der Waals surface area contributed by atoms with Gasteiger partial charge < -0.3 is 5.11 Å². The Morgan fingerprint density at radius 3 is 2.63 bits per heavy atom. The minimum Gasteiger partial charge on any atom is -0.396 e. The highest BCUT2D eigenvalue weighted by Gasteiger charge is 2.38. The fourth-order valence-electron chi connectivity index (χ4n) is 2.25. The van der Waals surface area contributed by atoms with Gasteiger partial charge in [0.15, 0.2) is 0 Å². The Bertz CT molecular complexity index is 565. The highest BCUT2D eigenvalue weighted by Crippen LogP contribution is 2.31. The molecule has 0 radical (unpaired) electrons. The lowest BCUT2D eigenvalue weighted by Crippen LogP contribution is -2.27. The van der Waals surface area contributed by atoms with Crippen molar-refractivity contribution in [3.63, 3.8) is 0 Å². The number of aliphatic hydroxyl groups is 1. The molecule has 0 spiro atoms. The molecule has 108 valence electrons. The molecule has 7 heteroatoms. The molecule has 1 aromatic heterocycles. The summed E-state index contributed by atoms with van der Waals surface area (Å²) >= 11 is 0. The summed E-state index contributed by atoms with van der Waals surface area (Å²) in [4.78, 5) is 0.282. The summed E-state index contributed by atoms with van der Waals surface area (Å²) in [7, 11) is -3.49. The van der Waals surface area contributed by atoms with Gasteiger partial charge in [0.2, 0.25) is 10.0 Å². The molecule has 1 fully saturated rings. The van der Waals surface area contributed by atoms with Crippen LogP contribution in [0.4, 0.5) is 0 Å². The zero-order valence-electron chi connectivity index (χ0n) is 11.5. The molecule has 2 N–H and O–H groups in total. The maximum atomic E-state index is 12.3. The van der Waals surface area contributed by atoms with Crippen LogP contribution in [0.2, 0.25) is 0 Å². The number of nitrogens with zero attached hydrogens (tertiary/aromatic N) is 2. The van der Waals surface area contributed by atoms with E-state index < -0.39 is 10.0 Å². The van der Waals surface area contributed by atoms with Crippen molar-refractivity contribution in [1.29, 1.82) is 0 Å². The third-order valence-electron chi connectivity index (χ3n) is 3.53. The molecule has 6 nitrogen and oxygen atoms in total. The van der Waals surface area contributed by atoms with E-state index in [0.717, 1.165) is 6.42 Å². The van der Waals surface area contributed by atoms with Gasteiger partial charge in [-0.15, -0.1) is 0 Å². The van der Waals surface area contributed by atoms with E-state index in [0.29, 0.717) is 30.3 Å². The average Bonchev–Trinajstić information content (AvgIpc) is 2.88. The molecule has 0 aliphatic heterocycles. The van der Waals surface area contributed by atoms with Crippen LogP contribution in [0.1, 0.15) is 31.2 Å². The Kier molecular flexibility index (Phi) is 3.98. The molecule has 0 aromatic carbocycles. The van der Waals surface area contributed by atoms with E-state index in [4.69, 9.17) is 5.11 Å². The monoisotopic (exact) mass is 287 g/mol. The van der Waals surface area contributed by atoms with Gasteiger partial charge in [-0.1, -0.05) is 6.92 Å². The minimum absolute atomic E-state index is 0.0598. The van der Waals surface area contributed by atoms with Crippen LogP contribution in [0.25, 0.3) is 0 Å². The van der Waals surface area contributed by atoms with E-state index in [1.165, 1.54) is 0 Å². The van der Waals surface area contributed by atoms with Gasteiger partial charge in [-0.05, 0) is 32.6 Å². The Morgan fingerprint density at radius 2 is 2.11 bits per heavy atom. The second kappa shape index (κ2) is 5.22. The van der Waals surface area contributed by atoms with E-state index >= 15 is 0 Å². The zero-order valence-corrected chi connectivity index (χ0v) is 12.4. The number of sulfonamides is 1. The Balaban J connectivity index is 2.26. The van der Waals surface area contributed by atoms with Crippen molar-refractivity contribution < 1.29 is 13.5 Å². The van der Waals surface area contributed by atoms with Gasteiger partial charge in [-0.2, -0.15) is 5.10 Å². The van der Waals surface area contributed by atoms with Crippen LogP contribution in [0, 0.1) is 19.8 Å². The molecule has 1 aromatic rings. The first-order chi connectivity index (χ1) is 8.86. The summed E-state index contributed by atoms with van der Waals surface area (Å²) in [5.74, 6) is 0.417. The predicted molar refractivity (Wildman–Crippen MR) is 71.3 cm³/mol. The molecule has 0 bridgehead atoms. The zero-order chi connectivity index (χ0) is 14.2. The van der Waals surface area contributed by atoms with Gasteiger partial charge in [0, 0.05) is 19.2 Å². The van der Waals surface area contributed by atoms with Crippen LogP contribution in [-0.4, -0.2) is 36.0 Å². The van der Waals surface area contributed by atoms with Crippen molar-refractivity contribution in [3.8, 4) is 0 Å². The number of rotatable bonds is 6. The fraction of sp³-hybridized carbons (Fsp3) is 0.750. The lowest BCUT2D eigenvalue weighted by Gasteiger charge is -2.07. The standard InChI is InChI=1S/C12H21N3O3S/c1-8-7-11(8)14-19(17,18)12-9(2)13-15(10(12)3)5-4-6-16/h8,11,14,16H,4-7H2,1-3H3. The summed E-state index contributed by atoms with van der Waals surface area (Å²) in [5, 5.41) is 13.1. The van der Waals surface area contributed by atoms with Crippen LogP contribution >= 0.6 is 0 Å². The molecule has 19 heavy (non-hydrogen) atoms. The van der Waals surface area contributed by atoms with Gasteiger partial charge in [0.05, 0.1) is 11.4 Å². The SMILES string of the molecule is Cc1nn(CCCO)c(C)c1S(=O)(=O)NC1CC1C. The summed E-state index contributed by atoms with van der Waals surface area (Å²) in [6, 6.07) is 0.0598. The first-order valence-electron chi connectivity index (χ1n) is 6.54. The molecule has 1 aliphatic carbocycles. The smallest absolute Gasteiger partial charge is 0.244 e. The maximum Gasteiger partial charge on any atom is 0.244 e. The van der Waals surface area contributed by atoms with Crippen molar-refractivity contribution in [1.82, 2.24) is 14.5 Å². The lowest BCUT2D eigenvalue weighted by atomic mass is 10.4. The van der Waals surface area contributed by atoms with Gasteiger partial charge in [0.25, 0.3) is 0 Å². The molecular formula is C12H21N3O3S. The molecule has 1 heterocycles. The number of hydrogen-bond donors (Lipinski definition) is 2. The van der Waals surface area contributed by atoms with E-state index in [2.05, 4.69) is 9.82 Å². The van der Waals surface area contributed by atoms with E-state index in [9.17, 15) is 8.42 Å². The van der Waals surface area contributed by atoms with Crippen molar-refractivity contribution >= 4 is 10.0 Å². The predicted octanol–water partition coefficient (Wildman–Crippen LogP) is 0.569. The minimum atomic E-state index is -3.49. The van der Waals surface area contributed by atoms with E-state index in [1.54, 1.807) is 18.5 Å². The second-order valence-corrected chi connectivity index (χ2v) is 6.89. The van der Waals surface area contributed by atoms with Gasteiger partial charge >= 0.3 is 0 Å². The van der Waals surface area contributed by atoms with Crippen molar-refractivity contribution in [2.24, 2.45) is 5.92 Å². The Hall–Kier alpha value is -0.920. The highest BCUT2D eigenvalue weighted by molar-refractivity contribution is 7.89. The summed E-state index contributed by atoms with van der Waals surface area (Å²) in [6.07, 6.45) is 1.46. The number of aromatic nitrogens is 2. The number of nitrogens with one attached hydrogen (secondary N) is 1. The normalized spacial score (nSPS) is 22.7. The lowest BCUT2D eigenvalue weighted by molar-refractivity contribution is 0.276. The quantitative estimate of drug-likeness (QED) is 0.801. The maximum absolute atomic E-state index is 12.3. The molecule has 0 amide bonds.